The molecule has 1 saturated carbocycles. The Bertz CT molecular complexity index is 401. The van der Waals surface area contributed by atoms with Crippen LogP contribution in [0.25, 0.3) is 0 Å². The molecule has 0 unspecified atom stereocenters. The Morgan fingerprint density at radius 3 is 2.89 bits per heavy atom. The fourth-order valence-electron chi connectivity index (χ4n) is 1.93. The molecule has 1 aromatic rings. The molecule has 1 heterocycles. The number of nitrogens with one attached hydrogen (secondary N) is 1. The van der Waals surface area contributed by atoms with Crippen molar-refractivity contribution in [2.24, 2.45) is 0 Å². The minimum atomic E-state index is -0.762. The third kappa shape index (κ3) is 4.40. The second-order valence-corrected chi connectivity index (χ2v) is 6.08. The molecule has 5 heteroatoms. The Morgan fingerprint density at radius 2 is 2.22 bits per heavy atom. The normalized spacial score (nSPS) is 15.2. The van der Waals surface area contributed by atoms with E-state index < -0.39 is 5.97 Å². The molecule has 2 rings (SSSR count). The molecule has 1 aliphatic rings. The predicted octanol–water partition coefficient (Wildman–Crippen LogP) is 1.56. The van der Waals surface area contributed by atoms with Crippen molar-refractivity contribution < 1.29 is 9.90 Å². The molecule has 0 spiro atoms. The average molecular weight is 268 g/mol. The maximum Gasteiger partial charge on any atom is 0.308 e. The van der Waals surface area contributed by atoms with E-state index in [0.717, 1.165) is 30.6 Å². The maximum atomic E-state index is 10.6. The van der Waals surface area contributed by atoms with Crippen LogP contribution in [0.5, 0.6) is 0 Å². The molecule has 0 atom stereocenters. The minimum Gasteiger partial charge on any atom is -0.481 e. The first-order valence-electron chi connectivity index (χ1n) is 6.35. The van der Waals surface area contributed by atoms with Crippen molar-refractivity contribution in [2.45, 2.75) is 31.8 Å². The summed E-state index contributed by atoms with van der Waals surface area (Å²) in [5, 5.41) is 12.1. The van der Waals surface area contributed by atoms with Gasteiger partial charge in [-0.2, -0.15) is 0 Å². The van der Waals surface area contributed by atoms with Crippen LogP contribution in [0.4, 0.5) is 0 Å². The highest BCUT2D eigenvalue weighted by Crippen LogP contribution is 2.24. The fourth-order valence-corrected chi connectivity index (χ4v) is 2.91. The van der Waals surface area contributed by atoms with Gasteiger partial charge in [0.05, 0.1) is 6.42 Å². The van der Waals surface area contributed by atoms with E-state index in [1.807, 2.05) is 12.1 Å². The molecule has 1 fully saturated rings. The summed E-state index contributed by atoms with van der Waals surface area (Å²) in [4.78, 5) is 15.1. The van der Waals surface area contributed by atoms with Gasteiger partial charge in [0.2, 0.25) is 0 Å². The summed E-state index contributed by atoms with van der Waals surface area (Å²) in [6, 6.07) is 4.74. The maximum absolute atomic E-state index is 10.6. The number of carboxylic acid groups (broad SMARTS) is 1. The van der Waals surface area contributed by atoms with Gasteiger partial charge < -0.3 is 15.3 Å². The average Bonchev–Trinajstić information content (AvgIpc) is 3.07. The van der Waals surface area contributed by atoms with E-state index in [0.29, 0.717) is 0 Å². The van der Waals surface area contributed by atoms with Gasteiger partial charge in [0, 0.05) is 35.4 Å². The van der Waals surface area contributed by atoms with Crippen molar-refractivity contribution in [3.8, 4) is 0 Å². The van der Waals surface area contributed by atoms with Crippen LogP contribution in [0.2, 0.25) is 0 Å². The second kappa shape index (κ2) is 6.31. The standard InChI is InChI=1S/C13H20N2O2S/c1-15(10-2-3-10)7-6-14-9-12-5-4-11(18-12)8-13(16)17/h4-5,10,14H,2-3,6-9H2,1H3,(H,16,17). The van der Waals surface area contributed by atoms with Gasteiger partial charge in [-0.05, 0) is 32.0 Å². The van der Waals surface area contributed by atoms with Crippen molar-refractivity contribution in [3.63, 3.8) is 0 Å². The summed E-state index contributed by atoms with van der Waals surface area (Å²) in [6.45, 7) is 2.90. The number of nitrogens with zero attached hydrogens (tertiary/aromatic N) is 1. The van der Waals surface area contributed by atoms with Crippen molar-refractivity contribution in [3.05, 3.63) is 21.9 Å². The number of likely N-dealkylation sites (N-methyl/N-ethyl adjacent to an activating group) is 1. The lowest BCUT2D eigenvalue weighted by Crippen LogP contribution is -2.30. The van der Waals surface area contributed by atoms with Gasteiger partial charge in [-0.15, -0.1) is 11.3 Å². The summed E-state index contributed by atoms with van der Waals surface area (Å²) < 4.78 is 0. The van der Waals surface area contributed by atoms with Gasteiger partial charge in [0.25, 0.3) is 0 Å². The second-order valence-electron chi connectivity index (χ2n) is 4.83. The molecular weight excluding hydrogens is 248 g/mol. The molecule has 100 valence electrons. The van der Waals surface area contributed by atoms with Gasteiger partial charge in [0.1, 0.15) is 0 Å². The summed E-state index contributed by atoms with van der Waals surface area (Å²) in [7, 11) is 2.18. The first-order valence-corrected chi connectivity index (χ1v) is 7.17. The van der Waals surface area contributed by atoms with E-state index in [4.69, 9.17) is 5.11 Å². The van der Waals surface area contributed by atoms with E-state index in [-0.39, 0.29) is 6.42 Å². The van der Waals surface area contributed by atoms with Gasteiger partial charge in [-0.25, -0.2) is 0 Å². The molecular formula is C13H20N2O2S. The minimum absolute atomic E-state index is 0.134. The number of rotatable bonds is 8. The number of thiophene rings is 1. The van der Waals surface area contributed by atoms with Crippen LogP contribution < -0.4 is 5.32 Å². The van der Waals surface area contributed by atoms with Gasteiger partial charge in [-0.1, -0.05) is 0 Å². The van der Waals surface area contributed by atoms with E-state index in [1.165, 1.54) is 17.7 Å². The van der Waals surface area contributed by atoms with Gasteiger partial charge in [-0.3, -0.25) is 4.79 Å². The zero-order valence-corrected chi connectivity index (χ0v) is 11.5. The number of hydrogen-bond donors (Lipinski definition) is 2. The Morgan fingerprint density at radius 1 is 1.50 bits per heavy atom. The zero-order valence-electron chi connectivity index (χ0n) is 10.7. The molecule has 18 heavy (non-hydrogen) atoms. The first kappa shape index (κ1) is 13.5. The summed E-state index contributed by atoms with van der Waals surface area (Å²) in [5.74, 6) is -0.762. The number of carboxylic acids is 1. The lowest BCUT2D eigenvalue weighted by molar-refractivity contribution is -0.136. The van der Waals surface area contributed by atoms with Crippen LogP contribution in [-0.4, -0.2) is 42.2 Å². The van der Waals surface area contributed by atoms with E-state index in [2.05, 4.69) is 17.3 Å². The van der Waals surface area contributed by atoms with Crippen LogP contribution in [-0.2, 0) is 17.8 Å². The highest BCUT2D eigenvalue weighted by Gasteiger charge is 2.25. The van der Waals surface area contributed by atoms with Gasteiger partial charge >= 0.3 is 5.97 Å². The predicted molar refractivity (Wildman–Crippen MR) is 73.0 cm³/mol. The largest absolute Gasteiger partial charge is 0.481 e. The van der Waals surface area contributed by atoms with Crippen molar-refractivity contribution >= 4 is 17.3 Å². The SMILES string of the molecule is CN(CCNCc1ccc(CC(=O)O)s1)C1CC1. The first-order chi connectivity index (χ1) is 8.65. The molecule has 0 saturated heterocycles. The molecule has 2 N–H and O–H groups in total. The molecule has 0 bridgehead atoms. The van der Waals surface area contributed by atoms with Crippen LogP contribution >= 0.6 is 11.3 Å². The highest BCUT2D eigenvalue weighted by molar-refractivity contribution is 7.12. The Hall–Kier alpha value is -0.910. The van der Waals surface area contributed by atoms with E-state index in [9.17, 15) is 4.79 Å². The molecule has 4 nitrogen and oxygen atoms in total. The zero-order chi connectivity index (χ0) is 13.0. The van der Waals surface area contributed by atoms with Crippen LogP contribution in [0.3, 0.4) is 0 Å². The topological polar surface area (TPSA) is 52.6 Å². The third-order valence-corrected chi connectivity index (χ3v) is 4.24. The molecule has 0 radical (unpaired) electrons. The van der Waals surface area contributed by atoms with Crippen molar-refractivity contribution in [1.29, 1.82) is 0 Å². The van der Waals surface area contributed by atoms with E-state index >= 15 is 0 Å². The van der Waals surface area contributed by atoms with Crippen LogP contribution in [0, 0.1) is 0 Å². The lowest BCUT2D eigenvalue weighted by atomic mass is 10.3. The Kier molecular flexibility index (Phi) is 4.74. The van der Waals surface area contributed by atoms with Crippen molar-refractivity contribution in [1.82, 2.24) is 10.2 Å². The smallest absolute Gasteiger partial charge is 0.308 e. The van der Waals surface area contributed by atoms with E-state index in [1.54, 1.807) is 11.3 Å². The fraction of sp³-hybridized carbons (Fsp3) is 0.615. The Labute approximate surface area is 112 Å². The number of hydrogen-bond acceptors (Lipinski definition) is 4. The molecule has 1 aliphatic carbocycles. The molecule has 1 aromatic heterocycles. The summed E-state index contributed by atoms with van der Waals surface area (Å²) in [6.07, 6.45) is 2.83. The molecule has 0 aromatic carbocycles. The Balaban J connectivity index is 1.63. The lowest BCUT2D eigenvalue weighted by Gasteiger charge is -2.15. The summed E-state index contributed by atoms with van der Waals surface area (Å²) in [5.41, 5.74) is 0. The monoisotopic (exact) mass is 268 g/mol. The summed E-state index contributed by atoms with van der Waals surface area (Å²) >= 11 is 1.58. The number of aliphatic carboxylic acids is 1. The number of carbonyl (C=O) groups is 1. The van der Waals surface area contributed by atoms with Gasteiger partial charge in [0.15, 0.2) is 0 Å². The molecule has 0 amide bonds. The van der Waals surface area contributed by atoms with Crippen molar-refractivity contribution in [2.75, 3.05) is 20.1 Å². The third-order valence-electron chi connectivity index (χ3n) is 3.15. The van der Waals surface area contributed by atoms with Crippen LogP contribution in [0.15, 0.2) is 12.1 Å². The molecule has 0 aliphatic heterocycles. The highest BCUT2D eigenvalue weighted by atomic mass is 32.1. The quantitative estimate of drug-likeness (QED) is 0.703. The van der Waals surface area contributed by atoms with Crippen LogP contribution in [0.1, 0.15) is 22.6 Å².